The van der Waals surface area contributed by atoms with Crippen molar-refractivity contribution >= 4 is 21.7 Å². The molecule has 2 rings (SSSR count). The van der Waals surface area contributed by atoms with Crippen molar-refractivity contribution in [2.45, 2.75) is 19.4 Å². The fourth-order valence-electron chi connectivity index (χ4n) is 2.27. The summed E-state index contributed by atoms with van der Waals surface area (Å²) in [6.07, 6.45) is 5.17. The smallest absolute Gasteiger partial charge is 0.235 e. The monoisotopic (exact) mass is 326 g/mol. The molecule has 122 valence electrons. The first-order valence-electron chi connectivity index (χ1n) is 7.24. The van der Waals surface area contributed by atoms with Gasteiger partial charge in [0, 0.05) is 32.9 Å². The normalized spacial score (nSPS) is 15.3. The Morgan fingerprint density at radius 3 is 2.73 bits per heavy atom. The van der Waals surface area contributed by atoms with E-state index in [0.717, 1.165) is 35.0 Å². The molecule has 1 saturated heterocycles. The van der Waals surface area contributed by atoms with Gasteiger partial charge in [-0.25, -0.2) is 13.4 Å². The summed E-state index contributed by atoms with van der Waals surface area (Å²) in [5.41, 5.74) is 0.951. The number of likely N-dealkylation sites (N-methyl/N-ethyl adjacent to an activating group) is 1. The van der Waals surface area contributed by atoms with Crippen molar-refractivity contribution in [3.8, 4) is 0 Å². The summed E-state index contributed by atoms with van der Waals surface area (Å²) in [6.45, 7) is 2.21. The molecule has 1 aliphatic heterocycles. The standard InChI is InChI=1S/C14H22N4O3S/c1-17(22(2,20)21)11-14(19)16-10-12-5-6-15-13(9-12)18-7-3-4-8-18/h5-6,9H,3-4,7-8,10-11H2,1-2H3,(H,16,19). The van der Waals surface area contributed by atoms with E-state index >= 15 is 0 Å². The van der Waals surface area contributed by atoms with Crippen LogP contribution >= 0.6 is 0 Å². The van der Waals surface area contributed by atoms with Crippen LogP contribution in [-0.2, 0) is 21.4 Å². The maximum atomic E-state index is 11.8. The van der Waals surface area contributed by atoms with Crippen LogP contribution in [0.1, 0.15) is 18.4 Å². The zero-order valence-electron chi connectivity index (χ0n) is 12.9. The largest absolute Gasteiger partial charge is 0.357 e. The van der Waals surface area contributed by atoms with Crippen LogP contribution in [0.15, 0.2) is 18.3 Å². The maximum Gasteiger partial charge on any atom is 0.235 e. The molecule has 1 N–H and O–H groups in total. The topological polar surface area (TPSA) is 82.6 Å². The molecule has 1 aromatic heterocycles. The van der Waals surface area contributed by atoms with Gasteiger partial charge in [0.25, 0.3) is 0 Å². The number of nitrogens with zero attached hydrogens (tertiary/aromatic N) is 3. The minimum absolute atomic E-state index is 0.178. The van der Waals surface area contributed by atoms with E-state index in [-0.39, 0.29) is 12.5 Å². The minimum Gasteiger partial charge on any atom is -0.357 e. The molecular weight excluding hydrogens is 304 g/mol. The molecule has 0 radical (unpaired) electrons. The molecule has 1 aromatic rings. The average molecular weight is 326 g/mol. The molecule has 0 spiro atoms. The second-order valence-electron chi connectivity index (χ2n) is 5.51. The molecule has 2 heterocycles. The second-order valence-corrected chi connectivity index (χ2v) is 7.60. The Morgan fingerprint density at radius 1 is 1.41 bits per heavy atom. The lowest BCUT2D eigenvalue weighted by molar-refractivity contribution is -0.121. The Bertz CT molecular complexity index is 627. The number of hydrogen-bond acceptors (Lipinski definition) is 5. The summed E-state index contributed by atoms with van der Waals surface area (Å²) in [4.78, 5) is 18.4. The lowest BCUT2D eigenvalue weighted by atomic mass is 10.2. The Labute approximate surface area is 131 Å². The molecule has 8 heteroatoms. The number of anilines is 1. The Balaban J connectivity index is 1.88. The van der Waals surface area contributed by atoms with Crippen molar-refractivity contribution in [2.75, 3.05) is 37.8 Å². The summed E-state index contributed by atoms with van der Waals surface area (Å²) in [5, 5.41) is 2.73. The predicted octanol–water partition coefficient (Wildman–Crippen LogP) is 0.189. The van der Waals surface area contributed by atoms with Crippen LogP contribution in [0.25, 0.3) is 0 Å². The fraction of sp³-hybridized carbons (Fsp3) is 0.571. The highest BCUT2D eigenvalue weighted by Gasteiger charge is 2.16. The highest BCUT2D eigenvalue weighted by molar-refractivity contribution is 7.88. The Hall–Kier alpha value is -1.67. The van der Waals surface area contributed by atoms with E-state index in [1.165, 1.54) is 19.9 Å². The second kappa shape index (κ2) is 7.06. The minimum atomic E-state index is -3.34. The first kappa shape index (κ1) is 16.7. The third-order valence-corrected chi connectivity index (χ3v) is 4.92. The summed E-state index contributed by atoms with van der Waals surface area (Å²) in [6, 6.07) is 3.81. The van der Waals surface area contributed by atoms with Crippen molar-refractivity contribution in [1.82, 2.24) is 14.6 Å². The van der Waals surface area contributed by atoms with Crippen LogP contribution in [0.2, 0.25) is 0 Å². The number of carbonyl (C=O) groups is 1. The van der Waals surface area contributed by atoms with Crippen LogP contribution in [0.3, 0.4) is 0 Å². The molecule has 0 atom stereocenters. The highest BCUT2D eigenvalue weighted by Crippen LogP contribution is 2.18. The molecule has 1 aliphatic rings. The number of pyridine rings is 1. The fourth-order valence-corrected chi connectivity index (χ4v) is 2.62. The van der Waals surface area contributed by atoms with Crippen molar-refractivity contribution < 1.29 is 13.2 Å². The maximum absolute atomic E-state index is 11.8. The number of sulfonamides is 1. The number of nitrogens with one attached hydrogen (secondary N) is 1. The van der Waals surface area contributed by atoms with Crippen molar-refractivity contribution in [1.29, 1.82) is 0 Å². The van der Waals surface area contributed by atoms with Crippen LogP contribution < -0.4 is 10.2 Å². The van der Waals surface area contributed by atoms with Gasteiger partial charge in [0.15, 0.2) is 0 Å². The van der Waals surface area contributed by atoms with Gasteiger partial charge in [-0.1, -0.05) is 0 Å². The van der Waals surface area contributed by atoms with Crippen molar-refractivity contribution in [3.05, 3.63) is 23.9 Å². The van der Waals surface area contributed by atoms with E-state index in [2.05, 4.69) is 15.2 Å². The third kappa shape index (κ3) is 4.67. The van der Waals surface area contributed by atoms with Gasteiger partial charge >= 0.3 is 0 Å². The molecule has 0 aromatic carbocycles. The number of hydrogen-bond donors (Lipinski definition) is 1. The molecule has 1 fully saturated rings. The van der Waals surface area contributed by atoms with E-state index in [0.29, 0.717) is 6.54 Å². The molecule has 7 nitrogen and oxygen atoms in total. The van der Waals surface area contributed by atoms with Gasteiger partial charge in [-0.05, 0) is 30.5 Å². The summed E-state index contributed by atoms with van der Waals surface area (Å²) in [5.74, 6) is 0.602. The van der Waals surface area contributed by atoms with Crippen molar-refractivity contribution in [3.63, 3.8) is 0 Å². The first-order valence-corrected chi connectivity index (χ1v) is 9.09. The molecule has 1 amide bonds. The highest BCUT2D eigenvalue weighted by atomic mass is 32.2. The summed E-state index contributed by atoms with van der Waals surface area (Å²) < 4.78 is 23.5. The van der Waals surface area contributed by atoms with Crippen LogP contribution in [0.5, 0.6) is 0 Å². The van der Waals surface area contributed by atoms with Gasteiger partial charge in [0.1, 0.15) is 5.82 Å². The van der Waals surface area contributed by atoms with E-state index in [1.54, 1.807) is 6.20 Å². The Kier molecular flexibility index (Phi) is 5.36. The zero-order chi connectivity index (χ0) is 16.2. The van der Waals surface area contributed by atoms with Crippen molar-refractivity contribution in [2.24, 2.45) is 0 Å². The lowest BCUT2D eigenvalue weighted by Gasteiger charge is -2.17. The SMILES string of the molecule is CN(CC(=O)NCc1ccnc(N2CCCC2)c1)S(C)(=O)=O. The third-order valence-electron chi connectivity index (χ3n) is 3.66. The Morgan fingerprint density at radius 2 is 2.09 bits per heavy atom. The van der Waals surface area contributed by atoms with Gasteiger partial charge in [0.05, 0.1) is 12.8 Å². The molecule has 22 heavy (non-hydrogen) atoms. The van der Waals surface area contributed by atoms with Gasteiger partial charge in [-0.3, -0.25) is 4.79 Å². The van der Waals surface area contributed by atoms with Gasteiger partial charge in [-0.15, -0.1) is 0 Å². The van der Waals surface area contributed by atoms with Gasteiger partial charge < -0.3 is 10.2 Å². The van der Waals surface area contributed by atoms with Gasteiger partial charge in [-0.2, -0.15) is 4.31 Å². The number of rotatable bonds is 6. The van der Waals surface area contributed by atoms with E-state index in [4.69, 9.17) is 0 Å². The predicted molar refractivity (Wildman–Crippen MR) is 85.0 cm³/mol. The average Bonchev–Trinajstić information content (AvgIpc) is 2.98. The molecule has 0 saturated carbocycles. The van der Waals surface area contributed by atoms with E-state index < -0.39 is 10.0 Å². The first-order chi connectivity index (χ1) is 10.4. The number of amides is 1. The molecule has 0 unspecified atom stereocenters. The molecule has 0 bridgehead atoms. The molecule has 0 aliphatic carbocycles. The van der Waals surface area contributed by atoms with E-state index in [1.807, 2.05) is 12.1 Å². The summed E-state index contributed by atoms with van der Waals surface area (Å²) in [7, 11) is -1.96. The molecular formula is C14H22N4O3S. The quantitative estimate of drug-likeness (QED) is 0.807. The number of aromatic nitrogens is 1. The van der Waals surface area contributed by atoms with Crippen LogP contribution in [-0.4, -0.2) is 56.6 Å². The van der Waals surface area contributed by atoms with E-state index in [9.17, 15) is 13.2 Å². The van der Waals surface area contributed by atoms with Crippen LogP contribution in [0, 0.1) is 0 Å². The lowest BCUT2D eigenvalue weighted by Crippen LogP contribution is -2.37. The zero-order valence-corrected chi connectivity index (χ0v) is 13.8. The number of carbonyl (C=O) groups excluding carboxylic acids is 1. The van der Waals surface area contributed by atoms with Gasteiger partial charge in [0.2, 0.25) is 15.9 Å². The summed E-state index contributed by atoms with van der Waals surface area (Å²) >= 11 is 0. The van der Waals surface area contributed by atoms with Crippen LogP contribution in [0.4, 0.5) is 5.82 Å².